The summed E-state index contributed by atoms with van der Waals surface area (Å²) in [5.41, 5.74) is 2.69. The van der Waals surface area contributed by atoms with Crippen molar-refractivity contribution in [3.63, 3.8) is 0 Å². The molecule has 0 fully saturated rings. The fourth-order valence-corrected chi connectivity index (χ4v) is 2.39. The molecule has 3 N–H and O–H groups in total. The number of nitrogens with one attached hydrogen (secondary N) is 1. The van der Waals surface area contributed by atoms with Crippen LogP contribution < -0.4 is 11.3 Å². The molecule has 4 heteroatoms. The van der Waals surface area contributed by atoms with Crippen LogP contribution in [0.1, 0.15) is 36.1 Å². The van der Waals surface area contributed by atoms with Gasteiger partial charge < -0.3 is 4.74 Å². The number of aryl methyl sites for hydroxylation is 1. The van der Waals surface area contributed by atoms with E-state index in [1.54, 1.807) is 18.4 Å². The van der Waals surface area contributed by atoms with Gasteiger partial charge in [-0.15, -0.1) is 11.3 Å². The largest absolute Gasteiger partial charge is 0.379 e. The van der Waals surface area contributed by atoms with Crippen LogP contribution in [0.5, 0.6) is 0 Å². The lowest BCUT2D eigenvalue weighted by Crippen LogP contribution is -2.35. The molecule has 0 saturated carbocycles. The molecule has 0 amide bonds. The third kappa shape index (κ3) is 3.57. The van der Waals surface area contributed by atoms with Crippen molar-refractivity contribution in [3.8, 4) is 0 Å². The molecule has 0 saturated heterocycles. The topological polar surface area (TPSA) is 47.3 Å². The summed E-state index contributed by atoms with van der Waals surface area (Å²) in [7, 11) is 1.73. The first kappa shape index (κ1) is 12.6. The Labute approximate surface area is 95.6 Å². The van der Waals surface area contributed by atoms with E-state index in [0.717, 1.165) is 6.42 Å². The highest BCUT2D eigenvalue weighted by molar-refractivity contribution is 7.12. The second-order valence-corrected chi connectivity index (χ2v) is 5.66. The molecule has 0 aliphatic heterocycles. The molecule has 0 spiro atoms. The summed E-state index contributed by atoms with van der Waals surface area (Å²) in [6, 6.07) is 4.40. The van der Waals surface area contributed by atoms with E-state index in [4.69, 9.17) is 10.6 Å². The van der Waals surface area contributed by atoms with Crippen molar-refractivity contribution in [1.29, 1.82) is 0 Å². The predicted molar refractivity (Wildman–Crippen MR) is 64.8 cm³/mol. The van der Waals surface area contributed by atoms with Crippen LogP contribution in [0.2, 0.25) is 0 Å². The van der Waals surface area contributed by atoms with Gasteiger partial charge in [-0.1, -0.05) is 0 Å². The molecular weight excluding hydrogens is 208 g/mol. The normalized spacial score (nSPS) is 14.2. The quantitative estimate of drug-likeness (QED) is 0.601. The summed E-state index contributed by atoms with van der Waals surface area (Å²) in [6.45, 7) is 6.23. The number of hydrogen-bond acceptors (Lipinski definition) is 4. The molecule has 3 nitrogen and oxygen atoms in total. The zero-order chi connectivity index (χ0) is 11.5. The van der Waals surface area contributed by atoms with Crippen molar-refractivity contribution >= 4 is 11.3 Å². The van der Waals surface area contributed by atoms with Crippen molar-refractivity contribution in [2.75, 3.05) is 7.11 Å². The maximum Gasteiger partial charge on any atom is 0.0641 e. The van der Waals surface area contributed by atoms with E-state index in [2.05, 4.69) is 38.3 Å². The SMILES string of the molecule is COC(C)(C)CC(NN)c1ccc(C)s1. The van der Waals surface area contributed by atoms with Crippen molar-refractivity contribution in [2.24, 2.45) is 5.84 Å². The van der Waals surface area contributed by atoms with Crippen molar-refractivity contribution in [1.82, 2.24) is 5.43 Å². The third-order valence-electron chi connectivity index (χ3n) is 2.55. The maximum absolute atomic E-state index is 5.58. The van der Waals surface area contributed by atoms with E-state index >= 15 is 0 Å². The van der Waals surface area contributed by atoms with Gasteiger partial charge in [-0.25, -0.2) is 0 Å². The smallest absolute Gasteiger partial charge is 0.0641 e. The molecule has 1 heterocycles. The van der Waals surface area contributed by atoms with Gasteiger partial charge in [-0.3, -0.25) is 11.3 Å². The lowest BCUT2D eigenvalue weighted by molar-refractivity contribution is 0.00711. The van der Waals surface area contributed by atoms with Crippen LogP contribution in [0.4, 0.5) is 0 Å². The van der Waals surface area contributed by atoms with Crippen LogP contribution >= 0.6 is 11.3 Å². The van der Waals surface area contributed by atoms with Crippen LogP contribution in [-0.2, 0) is 4.74 Å². The first-order valence-electron chi connectivity index (χ1n) is 5.06. The molecule has 15 heavy (non-hydrogen) atoms. The average Bonchev–Trinajstić information content (AvgIpc) is 2.61. The summed E-state index contributed by atoms with van der Waals surface area (Å²) in [5.74, 6) is 5.58. The molecule has 0 bridgehead atoms. The Morgan fingerprint density at radius 2 is 2.20 bits per heavy atom. The van der Waals surface area contributed by atoms with E-state index in [1.807, 2.05) is 0 Å². The molecule has 1 atom stereocenters. The number of nitrogens with two attached hydrogens (primary N) is 1. The number of thiophene rings is 1. The minimum atomic E-state index is -0.158. The highest BCUT2D eigenvalue weighted by Gasteiger charge is 2.23. The zero-order valence-corrected chi connectivity index (χ0v) is 10.6. The standard InChI is InChI=1S/C11H20N2OS/c1-8-5-6-10(15-8)9(13-12)7-11(2,3)14-4/h5-6,9,13H,7,12H2,1-4H3. The van der Waals surface area contributed by atoms with E-state index < -0.39 is 0 Å². The zero-order valence-electron chi connectivity index (χ0n) is 9.83. The molecule has 1 aromatic heterocycles. The third-order valence-corrected chi connectivity index (χ3v) is 3.67. The van der Waals surface area contributed by atoms with Gasteiger partial charge in [-0.05, 0) is 39.3 Å². The summed E-state index contributed by atoms with van der Waals surface area (Å²) in [6.07, 6.45) is 0.861. The molecule has 1 rings (SSSR count). The fourth-order valence-electron chi connectivity index (χ4n) is 1.46. The van der Waals surface area contributed by atoms with Crippen molar-refractivity contribution in [2.45, 2.75) is 38.8 Å². The van der Waals surface area contributed by atoms with E-state index in [1.165, 1.54) is 9.75 Å². The number of hydrazine groups is 1. The molecular formula is C11H20N2OS. The number of methoxy groups -OCH3 is 1. The van der Waals surface area contributed by atoms with Crippen LogP contribution in [-0.4, -0.2) is 12.7 Å². The van der Waals surface area contributed by atoms with Gasteiger partial charge >= 0.3 is 0 Å². The summed E-state index contributed by atoms with van der Waals surface area (Å²) < 4.78 is 5.41. The lowest BCUT2D eigenvalue weighted by Gasteiger charge is -2.27. The summed E-state index contributed by atoms with van der Waals surface area (Å²) >= 11 is 1.77. The Bertz CT molecular complexity index is 309. The van der Waals surface area contributed by atoms with Crippen LogP contribution in [0.3, 0.4) is 0 Å². The van der Waals surface area contributed by atoms with Crippen LogP contribution in [0.25, 0.3) is 0 Å². The summed E-state index contributed by atoms with van der Waals surface area (Å²) in [4.78, 5) is 2.57. The first-order valence-corrected chi connectivity index (χ1v) is 5.88. The van der Waals surface area contributed by atoms with Gasteiger partial charge in [0.2, 0.25) is 0 Å². The Hall–Kier alpha value is -0.420. The Balaban J connectivity index is 2.72. The Kier molecular flexibility index (Phi) is 4.28. The van der Waals surface area contributed by atoms with Gasteiger partial charge in [-0.2, -0.15) is 0 Å². The van der Waals surface area contributed by atoms with Gasteiger partial charge in [0, 0.05) is 16.9 Å². The van der Waals surface area contributed by atoms with Gasteiger partial charge in [0.15, 0.2) is 0 Å². The lowest BCUT2D eigenvalue weighted by atomic mass is 9.98. The van der Waals surface area contributed by atoms with Crippen molar-refractivity contribution < 1.29 is 4.74 Å². The Morgan fingerprint density at radius 1 is 1.53 bits per heavy atom. The van der Waals surface area contributed by atoms with Crippen LogP contribution in [0, 0.1) is 6.92 Å². The van der Waals surface area contributed by atoms with E-state index in [-0.39, 0.29) is 11.6 Å². The van der Waals surface area contributed by atoms with Gasteiger partial charge in [0.1, 0.15) is 0 Å². The maximum atomic E-state index is 5.58. The highest BCUT2D eigenvalue weighted by Crippen LogP contribution is 2.29. The van der Waals surface area contributed by atoms with Gasteiger partial charge in [0.05, 0.1) is 11.6 Å². The first-order chi connectivity index (χ1) is 6.98. The molecule has 0 aliphatic carbocycles. The fraction of sp³-hybridized carbons (Fsp3) is 0.636. The van der Waals surface area contributed by atoms with Gasteiger partial charge in [0.25, 0.3) is 0 Å². The molecule has 86 valence electrons. The molecule has 0 aromatic carbocycles. The predicted octanol–water partition coefficient (Wildman–Crippen LogP) is 2.38. The highest BCUT2D eigenvalue weighted by atomic mass is 32.1. The molecule has 0 radical (unpaired) electrons. The number of ether oxygens (including phenoxy) is 1. The second kappa shape index (κ2) is 5.07. The Morgan fingerprint density at radius 3 is 2.60 bits per heavy atom. The molecule has 1 aromatic rings. The monoisotopic (exact) mass is 228 g/mol. The summed E-state index contributed by atoms with van der Waals surface area (Å²) in [5, 5.41) is 0. The average molecular weight is 228 g/mol. The minimum Gasteiger partial charge on any atom is -0.379 e. The van der Waals surface area contributed by atoms with E-state index in [9.17, 15) is 0 Å². The molecule has 1 unspecified atom stereocenters. The second-order valence-electron chi connectivity index (χ2n) is 4.34. The number of hydrogen-bond donors (Lipinski definition) is 2. The van der Waals surface area contributed by atoms with E-state index in [0.29, 0.717) is 0 Å². The number of rotatable bonds is 5. The van der Waals surface area contributed by atoms with Crippen molar-refractivity contribution in [3.05, 3.63) is 21.9 Å². The molecule has 0 aliphatic rings. The minimum absolute atomic E-state index is 0.158. The van der Waals surface area contributed by atoms with Crippen LogP contribution in [0.15, 0.2) is 12.1 Å².